The molecule has 1 atom stereocenters. The van der Waals surface area contributed by atoms with Crippen LogP contribution in [0, 0.1) is 5.92 Å². The molecule has 0 spiro atoms. The number of amides is 2. The lowest BCUT2D eigenvalue weighted by atomic mass is 10.1. The van der Waals surface area contributed by atoms with E-state index in [9.17, 15) is 4.79 Å². The molecule has 2 aliphatic rings. The van der Waals surface area contributed by atoms with Crippen molar-refractivity contribution in [2.45, 2.75) is 45.8 Å². The van der Waals surface area contributed by atoms with Gasteiger partial charge in [-0.25, -0.2) is 4.79 Å². The maximum Gasteiger partial charge on any atom is 0.317 e. The second-order valence-electron chi connectivity index (χ2n) is 7.25. The summed E-state index contributed by atoms with van der Waals surface area (Å²) in [4.78, 5) is 16.5. The number of hydrogen-bond acceptors (Lipinski definition) is 4. The van der Waals surface area contributed by atoms with E-state index >= 15 is 0 Å². The van der Waals surface area contributed by atoms with E-state index < -0.39 is 0 Å². The van der Waals surface area contributed by atoms with Crippen molar-refractivity contribution in [3.63, 3.8) is 0 Å². The first-order valence-corrected chi connectivity index (χ1v) is 9.50. The first-order chi connectivity index (χ1) is 12.2. The van der Waals surface area contributed by atoms with Crippen LogP contribution in [0.15, 0.2) is 6.07 Å². The van der Waals surface area contributed by atoms with Gasteiger partial charge in [0.15, 0.2) is 0 Å². The monoisotopic (exact) mass is 349 g/mol. The van der Waals surface area contributed by atoms with Crippen molar-refractivity contribution in [3.05, 3.63) is 17.5 Å². The van der Waals surface area contributed by atoms with Gasteiger partial charge in [-0.1, -0.05) is 13.3 Å². The minimum atomic E-state index is -0.0394. The second kappa shape index (κ2) is 8.67. The lowest BCUT2D eigenvalue weighted by Crippen LogP contribution is -2.39. The molecule has 25 heavy (non-hydrogen) atoms. The lowest BCUT2D eigenvalue weighted by Gasteiger charge is -2.27. The van der Waals surface area contributed by atoms with Gasteiger partial charge in [-0.3, -0.25) is 9.58 Å². The highest BCUT2D eigenvalue weighted by Gasteiger charge is 2.21. The fraction of sp³-hybridized carbons (Fsp3) is 0.778. The van der Waals surface area contributed by atoms with Gasteiger partial charge in [0, 0.05) is 39.2 Å². The molecule has 3 rings (SSSR count). The van der Waals surface area contributed by atoms with Gasteiger partial charge in [-0.05, 0) is 25.5 Å². The van der Waals surface area contributed by atoms with Gasteiger partial charge in [-0.2, -0.15) is 5.10 Å². The van der Waals surface area contributed by atoms with Crippen molar-refractivity contribution >= 4 is 6.03 Å². The van der Waals surface area contributed by atoms with Crippen LogP contribution < -0.4 is 5.32 Å². The summed E-state index contributed by atoms with van der Waals surface area (Å²) in [6.07, 6.45) is 3.52. The Kier molecular flexibility index (Phi) is 6.31. The van der Waals surface area contributed by atoms with Crippen molar-refractivity contribution in [2.24, 2.45) is 5.92 Å². The van der Waals surface area contributed by atoms with Gasteiger partial charge < -0.3 is 15.0 Å². The van der Waals surface area contributed by atoms with E-state index in [0.29, 0.717) is 12.5 Å². The van der Waals surface area contributed by atoms with E-state index in [1.54, 1.807) is 4.90 Å². The first kappa shape index (κ1) is 18.2. The molecular formula is C18H31N5O2. The van der Waals surface area contributed by atoms with Crippen LogP contribution in [0.4, 0.5) is 4.79 Å². The zero-order chi connectivity index (χ0) is 17.6. The molecular weight excluding hydrogens is 318 g/mol. The molecule has 0 unspecified atom stereocenters. The molecule has 1 saturated heterocycles. The number of carbonyl (C=O) groups is 1. The molecule has 0 aromatic carbocycles. The summed E-state index contributed by atoms with van der Waals surface area (Å²) in [5, 5.41) is 7.62. The highest BCUT2D eigenvalue weighted by atomic mass is 16.5. The van der Waals surface area contributed by atoms with Crippen LogP contribution in [0.5, 0.6) is 0 Å². The number of rotatable bonds is 7. The van der Waals surface area contributed by atoms with Crippen LogP contribution >= 0.6 is 0 Å². The molecule has 2 aliphatic heterocycles. The number of urea groups is 1. The van der Waals surface area contributed by atoms with Crippen LogP contribution in [0.2, 0.25) is 0 Å². The highest BCUT2D eigenvalue weighted by Crippen LogP contribution is 2.15. The van der Waals surface area contributed by atoms with E-state index in [0.717, 1.165) is 58.1 Å². The maximum absolute atomic E-state index is 12.2. The molecule has 7 heteroatoms. The predicted molar refractivity (Wildman–Crippen MR) is 96.2 cm³/mol. The molecule has 7 nitrogen and oxygen atoms in total. The Labute approximate surface area is 150 Å². The molecule has 0 bridgehead atoms. The highest BCUT2D eigenvalue weighted by molar-refractivity contribution is 5.73. The lowest BCUT2D eigenvalue weighted by molar-refractivity contribution is 0.171. The Bertz CT molecular complexity index is 568. The van der Waals surface area contributed by atoms with Crippen LogP contribution in [-0.2, 0) is 24.4 Å². The number of unbranched alkanes of at least 4 members (excludes halogenated alkanes) is 1. The summed E-state index contributed by atoms with van der Waals surface area (Å²) in [6, 6.07) is 2.09. The predicted octanol–water partition coefficient (Wildman–Crippen LogP) is 1.68. The number of nitrogens with zero attached hydrogens (tertiary/aromatic N) is 4. The fourth-order valence-corrected chi connectivity index (χ4v) is 3.54. The Balaban J connectivity index is 1.46. The van der Waals surface area contributed by atoms with E-state index in [1.165, 1.54) is 18.5 Å². The van der Waals surface area contributed by atoms with Crippen molar-refractivity contribution in [1.29, 1.82) is 0 Å². The average molecular weight is 349 g/mol. The van der Waals surface area contributed by atoms with E-state index in [2.05, 4.69) is 33.0 Å². The average Bonchev–Trinajstić information content (AvgIpc) is 3.26. The quantitative estimate of drug-likeness (QED) is 0.813. The number of hydrogen-bond donors (Lipinski definition) is 1. The molecule has 0 aliphatic carbocycles. The summed E-state index contributed by atoms with van der Waals surface area (Å²) >= 11 is 0. The Hall–Kier alpha value is -1.60. The third-order valence-electron chi connectivity index (χ3n) is 5.08. The normalized spacial score (nSPS) is 20.5. The Morgan fingerprint density at radius 2 is 2.36 bits per heavy atom. The van der Waals surface area contributed by atoms with E-state index in [-0.39, 0.29) is 6.03 Å². The van der Waals surface area contributed by atoms with E-state index in [4.69, 9.17) is 4.74 Å². The first-order valence-electron chi connectivity index (χ1n) is 9.50. The van der Waals surface area contributed by atoms with Crippen LogP contribution in [0.3, 0.4) is 0 Å². The Morgan fingerprint density at radius 3 is 3.12 bits per heavy atom. The molecule has 0 saturated carbocycles. The molecule has 1 aromatic heterocycles. The van der Waals surface area contributed by atoms with Gasteiger partial charge >= 0.3 is 6.03 Å². The van der Waals surface area contributed by atoms with Crippen molar-refractivity contribution in [1.82, 2.24) is 24.9 Å². The van der Waals surface area contributed by atoms with Gasteiger partial charge in [0.2, 0.25) is 0 Å². The van der Waals surface area contributed by atoms with Gasteiger partial charge in [0.25, 0.3) is 0 Å². The zero-order valence-electron chi connectivity index (χ0n) is 15.5. The Morgan fingerprint density at radius 1 is 1.48 bits per heavy atom. The van der Waals surface area contributed by atoms with Crippen LogP contribution in [-0.4, -0.2) is 65.5 Å². The van der Waals surface area contributed by atoms with E-state index in [1.807, 2.05) is 7.05 Å². The summed E-state index contributed by atoms with van der Waals surface area (Å²) in [5.41, 5.74) is 2.20. The molecule has 2 amide bonds. The zero-order valence-corrected chi connectivity index (χ0v) is 15.5. The third-order valence-corrected chi connectivity index (χ3v) is 5.08. The molecule has 1 N–H and O–H groups in total. The number of carbonyl (C=O) groups excluding carboxylic acids is 1. The van der Waals surface area contributed by atoms with Crippen molar-refractivity contribution < 1.29 is 9.53 Å². The van der Waals surface area contributed by atoms with Gasteiger partial charge in [0.05, 0.1) is 31.1 Å². The standard InChI is InChI=1S/C18H31N5O2/c1-3-4-6-22-7-8-23-17(13-22)10-16(20-23)11-19-18(24)21(2)12-15-5-9-25-14-15/h10,15H,3-9,11-14H2,1-2H3,(H,19,24)/t15-/m0/s1. The largest absolute Gasteiger partial charge is 0.381 e. The fourth-order valence-electron chi connectivity index (χ4n) is 3.54. The molecule has 3 heterocycles. The number of aromatic nitrogens is 2. The summed E-state index contributed by atoms with van der Waals surface area (Å²) in [5.74, 6) is 0.463. The summed E-state index contributed by atoms with van der Waals surface area (Å²) in [7, 11) is 1.84. The topological polar surface area (TPSA) is 62.6 Å². The molecule has 0 radical (unpaired) electrons. The van der Waals surface area contributed by atoms with Crippen molar-refractivity contribution in [3.8, 4) is 0 Å². The SMILES string of the molecule is CCCCN1CCn2nc(CNC(=O)N(C)C[C@@H]3CCOC3)cc2C1. The minimum Gasteiger partial charge on any atom is -0.381 e. The van der Waals surface area contributed by atoms with Gasteiger partial charge in [-0.15, -0.1) is 0 Å². The number of nitrogens with one attached hydrogen (secondary N) is 1. The molecule has 140 valence electrons. The minimum absolute atomic E-state index is 0.0394. The van der Waals surface area contributed by atoms with Crippen LogP contribution in [0.1, 0.15) is 37.6 Å². The van der Waals surface area contributed by atoms with Gasteiger partial charge in [0.1, 0.15) is 0 Å². The summed E-state index contributed by atoms with van der Waals surface area (Å²) in [6.45, 7) is 9.16. The molecule has 1 fully saturated rings. The van der Waals surface area contributed by atoms with Crippen LogP contribution in [0.25, 0.3) is 0 Å². The van der Waals surface area contributed by atoms with Crippen molar-refractivity contribution in [2.75, 3.05) is 39.9 Å². The number of ether oxygens (including phenoxy) is 1. The molecule has 1 aromatic rings. The summed E-state index contributed by atoms with van der Waals surface area (Å²) < 4.78 is 7.46. The maximum atomic E-state index is 12.2. The smallest absolute Gasteiger partial charge is 0.317 e. The third kappa shape index (κ3) is 4.95. The second-order valence-corrected chi connectivity index (χ2v) is 7.25. The number of fused-ring (bicyclic) bond motifs is 1.